The zero-order valence-corrected chi connectivity index (χ0v) is 17.8. The van der Waals surface area contributed by atoms with Gasteiger partial charge in [0.05, 0.1) is 5.54 Å². The molecule has 0 spiro atoms. The van der Waals surface area contributed by atoms with Gasteiger partial charge in [-0.25, -0.2) is 4.68 Å². The third-order valence-corrected chi connectivity index (χ3v) is 5.77. The van der Waals surface area contributed by atoms with Gasteiger partial charge in [0, 0.05) is 11.1 Å². The summed E-state index contributed by atoms with van der Waals surface area (Å²) in [5, 5.41) is 13.7. The number of fused-ring (bicyclic) bond motifs is 1. The molecule has 7 nitrogen and oxygen atoms in total. The first-order chi connectivity index (χ1) is 13.9. The van der Waals surface area contributed by atoms with Crippen LogP contribution in [0.5, 0.6) is 0 Å². The molecular formula is C22H30N6O. The monoisotopic (exact) mass is 394 g/mol. The van der Waals surface area contributed by atoms with Crippen LogP contribution in [0.4, 0.5) is 0 Å². The molecule has 0 unspecified atom stereocenters. The number of pyridine rings is 1. The molecule has 0 saturated carbocycles. The summed E-state index contributed by atoms with van der Waals surface area (Å²) >= 11 is 0. The van der Waals surface area contributed by atoms with Crippen molar-refractivity contribution in [1.82, 2.24) is 30.1 Å². The van der Waals surface area contributed by atoms with E-state index in [2.05, 4.69) is 65.2 Å². The van der Waals surface area contributed by atoms with Gasteiger partial charge in [-0.1, -0.05) is 19.4 Å². The normalized spacial score (nSPS) is 17.0. The summed E-state index contributed by atoms with van der Waals surface area (Å²) in [5.74, 6) is 0.732. The SMILES string of the molecule is CCc1ccc2[nH]c(=O)c([C@H](c3nnnn3C(C)(C)C)N3CCCCC3)cc2c1. The number of nitrogens with one attached hydrogen (secondary N) is 1. The van der Waals surface area contributed by atoms with Crippen LogP contribution in [-0.2, 0) is 12.0 Å². The quantitative estimate of drug-likeness (QED) is 0.734. The van der Waals surface area contributed by atoms with E-state index in [0.29, 0.717) is 5.56 Å². The van der Waals surface area contributed by atoms with E-state index in [1.54, 1.807) is 0 Å². The molecule has 3 heterocycles. The minimum absolute atomic E-state index is 0.0687. The Morgan fingerprint density at radius 1 is 1.14 bits per heavy atom. The minimum Gasteiger partial charge on any atom is -0.322 e. The molecule has 1 saturated heterocycles. The second-order valence-corrected chi connectivity index (χ2v) is 8.95. The Morgan fingerprint density at radius 2 is 1.90 bits per heavy atom. The highest BCUT2D eigenvalue weighted by molar-refractivity contribution is 5.80. The van der Waals surface area contributed by atoms with Crippen molar-refractivity contribution in [2.75, 3.05) is 13.1 Å². The fourth-order valence-electron chi connectivity index (χ4n) is 4.21. The number of piperidine rings is 1. The Kier molecular flexibility index (Phi) is 5.25. The molecule has 2 aromatic heterocycles. The highest BCUT2D eigenvalue weighted by atomic mass is 16.1. The number of aryl methyl sites for hydroxylation is 1. The molecule has 154 valence electrons. The third kappa shape index (κ3) is 3.83. The number of aromatic nitrogens is 5. The van der Waals surface area contributed by atoms with E-state index in [4.69, 9.17) is 0 Å². The highest BCUT2D eigenvalue weighted by Gasteiger charge is 2.33. The lowest BCUT2D eigenvalue weighted by molar-refractivity contribution is 0.170. The third-order valence-electron chi connectivity index (χ3n) is 5.77. The molecule has 1 atom stereocenters. The van der Waals surface area contributed by atoms with Gasteiger partial charge in [-0.05, 0) is 92.7 Å². The van der Waals surface area contributed by atoms with Crippen LogP contribution in [0.15, 0.2) is 29.1 Å². The van der Waals surface area contributed by atoms with Crippen LogP contribution in [0.25, 0.3) is 10.9 Å². The van der Waals surface area contributed by atoms with Crippen molar-refractivity contribution in [2.24, 2.45) is 0 Å². The van der Waals surface area contributed by atoms with E-state index in [1.807, 2.05) is 16.8 Å². The molecular weight excluding hydrogens is 364 g/mol. The van der Waals surface area contributed by atoms with E-state index in [9.17, 15) is 4.79 Å². The van der Waals surface area contributed by atoms with Gasteiger partial charge in [0.25, 0.3) is 5.56 Å². The van der Waals surface area contributed by atoms with Crippen LogP contribution in [-0.4, -0.2) is 43.2 Å². The van der Waals surface area contributed by atoms with Gasteiger partial charge < -0.3 is 4.98 Å². The fraction of sp³-hybridized carbons (Fsp3) is 0.545. The van der Waals surface area contributed by atoms with E-state index in [-0.39, 0.29) is 17.1 Å². The fourth-order valence-corrected chi connectivity index (χ4v) is 4.21. The van der Waals surface area contributed by atoms with Crippen LogP contribution in [0, 0.1) is 0 Å². The van der Waals surface area contributed by atoms with Gasteiger partial charge in [-0.15, -0.1) is 5.10 Å². The number of H-pyrrole nitrogens is 1. The van der Waals surface area contributed by atoms with Crippen LogP contribution in [0.1, 0.15) is 70.0 Å². The summed E-state index contributed by atoms with van der Waals surface area (Å²) in [6, 6.07) is 8.00. The van der Waals surface area contributed by atoms with Crippen LogP contribution in [0.2, 0.25) is 0 Å². The first kappa shape index (κ1) is 19.8. The smallest absolute Gasteiger partial charge is 0.253 e. The predicted octanol–water partition coefficient (Wildman–Crippen LogP) is 3.41. The second-order valence-electron chi connectivity index (χ2n) is 8.95. The lowest BCUT2D eigenvalue weighted by Crippen LogP contribution is -2.40. The minimum atomic E-state index is -0.272. The van der Waals surface area contributed by atoms with Crippen molar-refractivity contribution >= 4 is 10.9 Å². The molecule has 29 heavy (non-hydrogen) atoms. The summed E-state index contributed by atoms with van der Waals surface area (Å²) in [5.41, 5.74) is 2.49. The average molecular weight is 395 g/mol. The molecule has 0 bridgehead atoms. The number of hydrogen-bond donors (Lipinski definition) is 1. The van der Waals surface area contributed by atoms with E-state index in [1.165, 1.54) is 12.0 Å². The molecule has 0 radical (unpaired) electrons. The predicted molar refractivity (Wildman–Crippen MR) is 114 cm³/mol. The summed E-state index contributed by atoms with van der Waals surface area (Å²) < 4.78 is 1.86. The Morgan fingerprint density at radius 3 is 2.59 bits per heavy atom. The van der Waals surface area contributed by atoms with Gasteiger partial charge in [-0.3, -0.25) is 9.69 Å². The molecule has 0 aliphatic carbocycles. The number of hydrogen-bond acceptors (Lipinski definition) is 5. The van der Waals surface area contributed by atoms with E-state index >= 15 is 0 Å². The number of benzene rings is 1. The maximum absolute atomic E-state index is 13.2. The molecule has 1 N–H and O–H groups in total. The number of nitrogens with zero attached hydrogens (tertiary/aromatic N) is 5. The number of tetrazole rings is 1. The van der Waals surface area contributed by atoms with Gasteiger partial charge in [0.1, 0.15) is 6.04 Å². The van der Waals surface area contributed by atoms with Gasteiger partial charge in [0.2, 0.25) is 0 Å². The maximum atomic E-state index is 13.2. The largest absolute Gasteiger partial charge is 0.322 e. The lowest BCUT2D eigenvalue weighted by atomic mass is 9.98. The Bertz CT molecular complexity index is 1060. The molecule has 1 fully saturated rings. The number of rotatable bonds is 4. The summed E-state index contributed by atoms with van der Waals surface area (Å²) in [6.45, 7) is 10.3. The van der Waals surface area contributed by atoms with Crippen molar-refractivity contribution in [3.05, 3.63) is 51.6 Å². The standard InChI is InChI=1S/C22H30N6O/c1-5-15-9-10-18-16(13-15)14-17(21(29)23-18)19(27-11-7-6-8-12-27)20-24-25-26-28(20)22(2,3)4/h9-10,13-14,19H,5-8,11-12H2,1-4H3,(H,23,29)/t19-/m1/s1. The first-order valence-electron chi connectivity index (χ1n) is 10.6. The van der Waals surface area contributed by atoms with Crippen molar-refractivity contribution < 1.29 is 0 Å². The van der Waals surface area contributed by atoms with Gasteiger partial charge in [-0.2, -0.15) is 0 Å². The highest BCUT2D eigenvalue weighted by Crippen LogP contribution is 2.31. The zero-order valence-electron chi connectivity index (χ0n) is 17.8. The molecule has 1 aliphatic rings. The Labute approximate surface area is 171 Å². The number of likely N-dealkylation sites (tertiary alicyclic amines) is 1. The molecule has 4 rings (SSSR count). The summed E-state index contributed by atoms with van der Waals surface area (Å²) in [7, 11) is 0. The van der Waals surface area contributed by atoms with Gasteiger partial charge >= 0.3 is 0 Å². The van der Waals surface area contributed by atoms with Crippen molar-refractivity contribution in [2.45, 2.75) is 65.0 Å². The maximum Gasteiger partial charge on any atom is 0.253 e. The topological polar surface area (TPSA) is 79.7 Å². The molecule has 1 aliphatic heterocycles. The number of aromatic amines is 1. The summed E-state index contributed by atoms with van der Waals surface area (Å²) in [6.07, 6.45) is 4.43. The zero-order chi connectivity index (χ0) is 20.6. The van der Waals surface area contributed by atoms with E-state index in [0.717, 1.165) is 49.1 Å². The van der Waals surface area contributed by atoms with Crippen LogP contribution in [0.3, 0.4) is 0 Å². The van der Waals surface area contributed by atoms with Gasteiger partial charge in [0.15, 0.2) is 5.82 Å². The molecule has 1 aromatic carbocycles. The van der Waals surface area contributed by atoms with Crippen molar-refractivity contribution in [3.8, 4) is 0 Å². The van der Waals surface area contributed by atoms with Crippen molar-refractivity contribution in [1.29, 1.82) is 0 Å². The average Bonchev–Trinajstić information content (AvgIpc) is 3.19. The van der Waals surface area contributed by atoms with Crippen molar-refractivity contribution in [3.63, 3.8) is 0 Å². The first-order valence-corrected chi connectivity index (χ1v) is 10.6. The molecule has 7 heteroatoms. The lowest BCUT2D eigenvalue weighted by Gasteiger charge is -2.35. The Hall–Kier alpha value is -2.54. The molecule has 0 amide bonds. The van der Waals surface area contributed by atoms with Crippen LogP contribution < -0.4 is 5.56 Å². The van der Waals surface area contributed by atoms with E-state index < -0.39 is 0 Å². The second kappa shape index (κ2) is 7.71. The van der Waals surface area contributed by atoms with Crippen LogP contribution >= 0.6 is 0 Å². The summed E-state index contributed by atoms with van der Waals surface area (Å²) in [4.78, 5) is 18.6. The Balaban J connectivity index is 1.91. The molecule has 3 aromatic rings.